The summed E-state index contributed by atoms with van der Waals surface area (Å²) in [5.41, 5.74) is 0.709. The molecule has 5 nitrogen and oxygen atoms in total. The van der Waals surface area contributed by atoms with Gasteiger partial charge in [0.2, 0.25) is 0 Å². The van der Waals surface area contributed by atoms with Gasteiger partial charge in [0.25, 0.3) is 5.91 Å². The molecule has 0 radical (unpaired) electrons. The Morgan fingerprint density at radius 2 is 2.04 bits per heavy atom. The van der Waals surface area contributed by atoms with E-state index in [1.165, 1.54) is 15.3 Å². The van der Waals surface area contributed by atoms with E-state index < -0.39 is 5.54 Å². The highest BCUT2D eigenvalue weighted by Gasteiger charge is 2.56. The van der Waals surface area contributed by atoms with Gasteiger partial charge in [-0.3, -0.25) is 9.69 Å². The van der Waals surface area contributed by atoms with Crippen LogP contribution in [0.4, 0.5) is 4.79 Å². The Morgan fingerprint density at radius 3 is 2.77 bits per heavy atom. The first-order valence-corrected chi connectivity index (χ1v) is 10.5. The maximum Gasteiger partial charge on any atom is 0.326 e. The number of nitrogens with zero attached hydrogens (tertiary/aromatic N) is 2. The predicted molar refractivity (Wildman–Crippen MR) is 103 cm³/mol. The molecule has 1 spiro atoms. The fraction of sp³-hybridized carbons (Fsp3) is 0.700. The van der Waals surface area contributed by atoms with E-state index >= 15 is 0 Å². The zero-order valence-corrected chi connectivity index (χ0v) is 17.0. The average molecular weight is 376 g/mol. The van der Waals surface area contributed by atoms with Crippen LogP contribution in [0.1, 0.15) is 63.4 Å². The smallest absolute Gasteiger partial charge is 0.323 e. The van der Waals surface area contributed by atoms with Crippen LogP contribution in [0, 0.1) is 11.3 Å². The maximum absolute atomic E-state index is 13.3. The van der Waals surface area contributed by atoms with Gasteiger partial charge in [0.1, 0.15) is 5.54 Å². The standard InChI is InChI=1S/C20H29N3O2S/c1-13-9-19(3,4)11-20(10-13)17(24)23(18(25)21-20)12-22-7-5-16-15(14(22)2)6-8-26-16/h6,8,13-14H,5,7,9-12H2,1-4H3,(H,21,25). The molecule has 3 amide bonds. The van der Waals surface area contributed by atoms with Crippen LogP contribution in [0.2, 0.25) is 0 Å². The van der Waals surface area contributed by atoms with E-state index in [-0.39, 0.29) is 23.4 Å². The number of thiophene rings is 1. The highest BCUT2D eigenvalue weighted by Crippen LogP contribution is 2.46. The minimum atomic E-state index is -0.704. The molecule has 0 bridgehead atoms. The maximum atomic E-state index is 13.3. The number of nitrogens with one attached hydrogen (secondary N) is 1. The summed E-state index contributed by atoms with van der Waals surface area (Å²) in [6.45, 7) is 10.0. The molecule has 1 saturated carbocycles. The molecule has 142 valence electrons. The molecule has 1 N–H and O–H groups in total. The Bertz CT molecular complexity index is 743. The summed E-state index contributed by atoms with van der Waals surface area (Å²) in [5.74, 6) is 0.413. The number of hydrogen-bond donors (Lipinski definition) is 1. The summed E-state index contributed by atoms with van der Waals surface area (Å²) in [4.78, 5) is 31.2. The summed E-state index contributed by atoms with van der Waals surface area (Å²) in [7, 11) is 0. The molecule has 3 unspecified atom stereocenters. The number of carbonyl (C=O) groups excluding carboxylic acids is 2. The monoisotopic (exact) mass is 375 g/mol. The summed E-state index contributed by atoms with van der Waals surface area (Å²) < 4.78 is 0. The van der Waals surface area contributed by atoms with Crippen LogP contribution in [-0.4, -0.2) is 40.5 Å². The predicted octanol–water partition coefficient (Wildman–Crippen LogP) is 3.76. The van der Waals surface area contributed by atoms with E-state index in [4.69, 9.17) is 0 Å². The third-order valence-electron chi connectivity index (χ3n) is 6.35. The molecule has 0 aromatic carbocycles. The third-order valence-corrected chi connectivity index (χ3v) is 7.35. The molecule has 1 aliphatic carbocycles. The molecule has 3 atom stereocenters. The van der Waals surface area contributed by atoms with Gasteiger partial charge in [-0.15, -0.1) is 11.3 Å². The minimum Gasteiger partial charge on any atom is -0.323 e. The molecule has 1 aromatic rings. The van der Waals surface area contributed by atoms with Gasteiger partial charge in [-0.25, -0.2) is 9.69 Å². The van der Waals surface area contributed by atoms with Crippen LogP contribution in [-0.2, 0) is 11.2 Å². The summed E-state index contributed by atoms with van der Waals surface area (Å²) in [6.07, 6.45) is 3.58. The largest absolute Gasteiger partial charge is 0.326 e. The van der Waals surface area contributed by atoms with E-state index in [9.17, 15) is 9.59 Å². The summed E-state index contributed by atoms with van der Waals surface area (Å²) >= 11 is 1.81. The second kappa shape index (κ2) is 6.06. The number of fused-ring (bicyclic) bond motifs is 1. The number of urea groups is 1. The Labute approximate surface area is 159 Å². The second-order valence-electron chi connectivity index (χ2n) is 9.28. The molecule has 4 rings (SSSR count). The number of rotatable bonds is 2. The van der Waals surface area contributed by atoms with Gasteiger partial charge in [-0.05, 0) is 60.9 Å². The molecular formula is C20H29N3O2S. The second-order valence-corrected chi connectivity index (χ2v) is 10.3. The number of amides is 3. The lowest BCUT2D eigenvalue weighted by Crippen LogP contribution is -2.54. The molecule has 3 aliphatic rings. The third kappa shape index (κ3) is 2.87. The first-order chi connectivity index (χ1) is 12.2. The highest BCUT2D eigenvalue weighted by molar-refractivity contribution is 7.10. The van der Waals surface area contributed by atoms with E-state index in [1.807, 2.05) is 0 Å². The molecule has 6 heteroatoms. The van der Waals surface area contributed by atoms with Crippen molar-refractivity contribution in [3.8, 4) is 0 Å². The van der Waals surface area contributed by atoms with Crippen molar-refractivity contribution in [2.24, 2.45) is 11.3 Å². The normalized spacial score (nSPS) is 34.2. The van der Waals surface area contributed by atoms with Crippen molar-refractivity contribution >= 4 is 23.3 Å². The lowest BCUT2D eigenvalue weighted by molar-refractivity contribution is -0.136. The minimum absolute atomic E-state index is 0.0227. The molecule has 1 saturated heterocycles. The van der Waals surface area contributed by atoms with Crippen molar-refractivity contribution in [1.82, 2.24) is 15.1 Å². The summed E-state index contributed by atoms with van der Waals surface area (Å²) in [6, 6.07) is 2.20. The average Bonchev–Trinajstić information content (AvgIpc) is 3.07. The number of imide groups is 1. The van der Waals surface area contributed by atoms with E-state index in [2.05, 4.69) is 49.4 Å². The molecule has 26 heavy (non-hydrogen) atoms. The summed E-state index contributed by atoms with van der Waals surface area (Å²) in [5, 5.41) is 5.22. The quantitative estimate of drug-likeness (QED) is 0.801. The van der Waals surface area contributed by atoms with Crippen molar-refractivity contribution in [3.63, 3.8) is 0 Å². The van der Waals surface area contributed by atoms with Crippen LogP contribution < -0.4 is 5.32 Å². The number of hydrogen-bond acceptors (Lipinski definition) is 4. The van der Waals surface area contributed by atoms with Crippen LogP contribution in [0.5, 0.6) is 0 Å². The fourth-order valence-corrected chi connectivity index (χ4v) is 6.53. The van der Waals surface area contributed by atoms with Crippen LogP contribution in [0.25, 0.3) is 0 Å². The SMILES string of the molecule is CC1CC(C)(C)CC2(C1)NC(=O)N(CN1CCc3sccc3C1C)C2=O. The van der Waals surface area contributed by atoms with Gasteiger partial charge >= 0.3 is 6.03 Å². The topological polar surface area (TPSA) is 52.7 Å². The van der Waals surface area contributed by atoms with Crippen molar-refractivity contribution in [3.05, 3.63) is 21.9 Å². The highest BCUT2D eigenvalue weighted by atomic mass is 32.1. The van der Waals surface area contributed by atoms with Crippen molar-refractivity contribution in [2.45, 2.75) is 65.0 Å². The molecular weight excluding hydrogens is 346 g/mol. The van der Waals surface area contributed by atoms with Crippen LogP contribution in [0.15, 0.2) is 11.4 Å². The molecule has 2 aliphatic heterocycles. The van der Waals surface area contributed by atoms with E-state index in [0.717, 1.165) is 32.2 Å². The van der Waals surface area contributed by atoms with E-state index in [0.29, 0.717) is 12.6 Å². The van der Waals surface area contributed by atoms with Crippen molar-refractivity contribution in [1.29, 1.82) is 0 Å². The Balaban J connectivity index is 1.54. The fourth-order valence-electron chi connectivity index (χ4n) is 5.57. The first kappa shape index (κ1) is 18.0. The molecule has 3 heterocycles. The Hall–Kier alpha value is -1.40. The van der Waals surface area contributed by atoms with Crippen LogP contribution >= 0.6 is 11.3 Å². The molecule has 1 aromatic heterocycles. The lowest BCUT2D eigenvalue weighted by atomic mass is 9.64. The van der Waals surface area contributed by atoms with Gasteiger partial charge < -0.3 is 5.32 Å². The van der Waals surface area contributed by atoms with Crippen molar-refractivity contribution < 1.29 is 9.59 Å². The van der Waals surface area contributed by atoms with E-state index in [1.54, 1.807) is 11.3 Å². The van der Waals surface area contributed by atoms with Crippen LogP contribution in [0.3, 0.4) is 0 Å². The van der Waals surface area contributed by atoms with Gasteiger partial charge in [-0.2, -0.15) is 0 Å². The molecule has 2 fully saturated rings. The number of carbonyl (C=O) groups is 2. The van der Waals surface area contributed by atoms with Gasteiger partial charge in [0.05, 0.1) is 6.67 Å². The van der Waals surface area contributed by atoms with Gasteiger partial charge in [0.15, 0.2) is 0 Å². The van der Waals surface area contributed by atoms with Gasteiger partial charge in [-0.1, -0.05) is 20.8 Å². The first-order valence-electron chi connectivity index (χ1n) is 9.65. The van der Waals surface area contributed by atoms with Gasteiger partial charge in [0, 0.05) is 17.5 Å². The Morgan fingerprint density at radius 1 is 1.27 bits per heavy atom. The van der Waals surface area contributed by atoms with Crippen molar-refractivity contribution in [2.75, 3.05) is 13.2 Å². The lowest BCUT2D eigenvalue weighted by Gasteiger charge is -2.44. The zero-order chi connectivity index (χ0) is 18.7. The Kier molecular flexibility index (Phi) is 4.19. The zero-order valence-electron chi connectivity index (χ0n) is 16.2.